The van der Waals surface area contributed by atoms with Crippen molar-refractivity contribution in [1.82, 2.24) is 29.7 Å². The van der Waals surface area contributed by atoms with Crippen LogP contribution >= 0.6 is 7.82 Å². The molecule has 258 valence electrons. The van der Waals surface area contributed by atoms with Gasteiger partial charge in [0.15, 0.2) is 29.3 Å². The maximum Gasteiger partial charge on any atom is 0.469 e. The Bertz CT molecular complexity index is 1950. The van der Waals surface area contributed by atoms with E-state index in [-0.39, 0.29) is 65.1 Å². The molecule has 0 aliphatic carbocycles. The Morgan fingerprint density at radius 1 is 0.959 bits per heavy atom. The number of alkyl halides is 3. The molecule has 2 N–H and O–H groups in total. The molecular formula is C30H26F5N6O7P. The Hall–Kier alpha value is -4.90. The lowest BCUT2D eigenvalue weighted by molar-refractivity contribution is -0.147. The second kappa shape index (κ2) is 14.7. The van der Waals surface area contributed by atoms with Crippen molar-refractivity contribution in [3.05, 3.63) is 83.9 Å². The molecule has 0 bridgehead atoms. The summed E-state index contributed by atoms with van der Waals surface area (Å²) in [4.78, 5) is 47.7. The van der Waals surface area contributed by atoms with Gasteiger partial charge in [0.2, 0.25) is 0 Å². The molecule has 13 nitrogen and oxygen atoms in total. The fourth-order valence-electron chi connectivity index (χ4n) is 4.55. The molecule has 1 atom stereocenters. The number of hydrogen-bond acceptors (Lipinski definition) is 10. The number of imidazole rings is 1. The van der Waals surface area contributed by atoms with Crippen molar-refractivity contribution < 1.29 is 55.1 Å². The number of aromatic nitrogens is 6. The summed E-state index contributed by atoms with van der Waals surface area (Å²) in [5, 5.41) is 4.19. The molecule has 0 spiro atoms. The molecule has 49 heavy (non-hydrogen) atoms. The minimum Gasteiger partial charge on any atom is -0.494 e. The first-order valence-electron chi connectivity index (χ1n) is 14.4. The number of carbonyl (C=O) groups is 1. The highest BCUT2D eigenvalue weighted by Gasteiger charge is 2.35. The van der Waals surface area contributed by atoms with E-state index in [4.69, 9.17) is 19.3 Å². The molecular weight excluding hydrogens is 682 g/mol. The molecule has 5 rings (SSSR count). The van der Waals surface area contributed by atoms with Gasteiger partial charge in [0.25, 0.3) is 0 Å². The van der Waals surface area contributed by atoms with Crippen LogP contribution in [0.3, 0.4) is 0 Å². The first kappa shape index (κ1) is 35.4. The average Bonchev–Trinajstić information content (AvgIpc) is 3.48. The summed E-state index contributed by atoms with van der Waals surface area (Å²) >= 11 is 0. The van der Waals surface area contributed by atoms with Gasteiger partial charge in [-0.25, -0.2) is 38.1 Å². The quantitative estimate of drug-likeness (QED) is 0.0671. The molecule has 3 aromatic rings. The lowest BCUT2D eigenvalue weighted by Gasteiger charge is -2.19. The van der Waals surface area contributed by atoms with Crippen molar-refractivity contribution in [3.63, 3.8) is 0 Å². The fraction of sp³-hybridized carbons (Fsp3) is 0.267. The van der Waals surface area contributed by atoms with E-state index in [0.29, 0.717) is 6.42 Å². The second-order valence-corrected chi connectivity index (χ2v) is 11.6. The van der Waals surface area contributed by atoms with Crippen LogP contribution in [0.2, 0.25) is 0 Å². The van der Waals surface area contributed by atoms with E-state index in [2.05, 4.69) is 29.6 Å². The molecule has 0 radical (unpaired) electrons. The van der Waals surface area contributed by atoms with Gasteiger partial charge in [0, 0.05) is 29.9 Å². The van der Waals surface area contributed by atoms with Gasteiger partial charge in [-0.15, -0.1) is 0 Å². The van der Waals surface area contributed by atoms with Gasteiger partial charge in [0.1, 0.15) is 17.1 Å². The molecule has 3 heterocycles. The van der Waals surface area contributed by atoms with Gasteiger partial charge >= 0.3 is 20.0 Å². The third-order valence-corrected chi connectivity index (χ3v) is 7.27. The van der Waals surface area contributed by atoms with Gasteiger partial charge in [0.05, 0.1) is 43.3 Å². The Labute approximate surface area is 274 Å². The van der Waals surface area contributed by atoms with Crippen LogP contribution in [0.4, 0.5) is 22.0 Å². The van der Waals surface area contributed by atoms with Crippen LogP contribution in [-0.4, -0.2) is 65.3 Å². The van der Waals surface area contributed by atoms with Crippen LogP contribution in [0, 0.1) is 11.6 Å². The van der Waals surface area contributed by atoms with Crippen LogP contribution < -0.4 is 4.74 Å². The standard InChI is InChI=1S/C30H26F5N6O7P/c1-2-9-46-18-7-8-19(21(12-18)30(33,34)35)27-36-13-17(14-37-27)26(29(42)47-10-4-11-48-49(43,44)45)41-16-24-23(15-38-41)39-28(40-24)20-5-3-6-22(31)25(20)32/h3,5-8,12-16,26H,2,4,9-11H2,1H3,(H2,43,44,45). The lowest BCUT2D eigenvalue weighted by Crippen LogP contribution is -2.26. The number of ether oxygens (including phenoxy) is 2. The number of hydrogen-bond donors (Lipinski definition) is 2. The number of carbonyl (C=O) groups excluding carboxylic acids is 1. The highest BCUT2D eigenvalue weighted by molar-refractivity contribution is 7.46. The number of fused-ring (bicyclic) bond motifs is 1. The zero-order chi connectivity index (χ0) is 35.3. The van der Waals surface area contributed by atoms with E-state index < -0.39 is 49.8 Å². The van der Waals surface area contributed by atoms with Crippen LogP contribution in [0.1, 0.15) is 36.9 Å². The minimum atomic E-state index is -4.78. The fourth-order valence-corrected chi connectivity index (χ4v) is 4.91. The first-order valence-corrected chi connectivity index (χ1v) is 16.0. The number of phosphoric acid groups is 1. The third-order valence-electron chi connectivity index (χ3n) is 6.75. The van der Waals surface area contributed by atoms with Crippen molar-refractivity contribution in [2.45, 2.75) is 32.0 Å². The largest absolute Gasteiger partial charge is 0.494 e. The van der Waals surface area contributed by atoms with E-state index in [9.17, 15) is 31.3 Å². The SMILES string of the molecule is CCCOc1ccc(-c2ncc(C(C(=O)OCCCOP(=O)(O)O)n3cc4nc(-c5cccc(F)c5F)nc-4cn3)cn2)c(C(F)(F)F)c1. The predicted octanol–water partition coefficient (Wildman–Crippen LogP) is 5.62. The monoisotopic (exact) mass is 708 g/mol. The number of esters is 1. The predicted molar refractivity (Wildman–Crippen MR) is 160 cm³/mol. The molecule has 2 aliphatic heterocycles. The van der Waals surface area contributed by atoms with Crippen LogP contribution in [-0.2, 0) is 24.8 Å². The normalized spacial score (nSPS) is 12.7. The van der Waals surface area contributed by atoms with Crippen molar-refractivity contribution in [2.24, 2.45) is 0 Å². The van der Waals surface area contributed by atoms with Gasteiger partial charge in [-0.05, 0) is 36.8 Å². The van der Waals surface area contributed by atoms with Crippen molar-refractivity contribution in [3.8, 4) is 39.9 Å². The number of nitrogens with zero attached hydrogens (tertiary/aromatic N) is 6. The summed E-state index contributed by atoms with van der Waals surface area (Å²) in [6, 6.07) is 5.40. The Balaban J connectivity index is 1.49. The highest BCUT2D eigenvalue weighted by Crippen LogP contribution is 2.39. The molecule has 0 fully saturated rings. The maximum absolute atomic E-state index is 14.4. The van der Waals surface area contributed by atoms with Gasteiger partial charge in [-0.3, -0.25) is 9.21 Å². The van der Waals surface area contributed by atoms with Crippen LogP contribution in [0.15, 0.2) is 61.2 Å². The van der Waals surface area contributed by atoms with Crippen molar-refractivity contribution in [2.75, 3.05) is 19.8 Å². The summed E-state index contributed by atoms with van der Waals surface area (Å²) in [7, 11) is -4.75. The minimum absolute atomic E-state index is 0.0142. The zero-order valence-corrected chi connectivity index (χ0v) is 26.2. The van der Waals surface area contributed by atoms with E-state index >= 15 is 0 Å². The summed E-state index contributed by atoms with van der Waals surface area (Å²) < 4.78 is 97.3. The molecule has 1 aromatic heterocycles. The molecule has 2 aromatic carbocycles. The van der Waals surface area contributed by atoms with E-state index in [1.165, 1.54) is 36.7 Å². The molecule has 0 saturated carbocycles. The molecule has 2 aliphatic rings. The van der Waals surface area contributed by atoms with Crippen LogP contribution in [0.5, 0.6) is 5.75 Å². The maximum atomic E-state index is 14.4. The number of rotatable bonds is 13. The Morgan fingerprint density at radius 3 is 2.39 bits per heavy atom. The lowest BCUT2D eigenvalue weighted by atomic mass is 10.1. The second-order valence-electron chi connectivity index (χ2n) is 10.3. The highest BCUT2D eigenvalue weighted by atomic mass is 31.2. The molecule has 0 saturated heterocycles. The van der Waals surface area contributed by atoms with Gasteiger partial charge in [-0.1, -0.05) is 13.0 Å². The van der Waals surface area contributed by atoms with E-state index in [0.717, 1.165) is 29.2 Å². The molecule has 19 heteroatoms. The van der Waals surface area contributed by atoms with Crippen LogP contribution in [0.25, 0.3) is 34.2 Å². The number of phosphoric ester groups is 1. The van der Waals surface area contributed by atoms with Crippen molar-refractivity contribution in [1.29, 1.82) is 0 Å². The Morgan fingerprint density at radius 2 is 1.69 bits per heavy atom. The molecule has 1 unspecified atom stereocenters. The van der Waals surface area contributed by atoms with Crippen molar-refractivity contribution >= 4 is 13.8 Å². The average molecular weight is 709 g/mol. The smallest absolute Gasteiger partial charge is 0.469 e. The van der Waals surface area contributed by atoms with Gasteiger partial charge in [-0.2, -0.15) is 18.3 Å². The summed E-state index contributed by atoms with van der Waals surface area (Å²) in [5.41, 5.74) is -1.31. The molecule has 0 amide bonds. The van der Waals surface area contributed by atoms with E-state index in [1.54, 1.807) is 0 Å². The summed E-state index contributed by atoms with van der Waals surface area (Å²) in [5.74, 6) is -3.70. The number of benzene rings is 2. The zero-order valence-electron chi connectivity index (χ0n) is 25.3. The Kier molecular flexibility index (Phi) is 10.6. The summed E-state index contributed by atoms with van der Waals surface area (Å²) in [6.07, 6.45) is 0.378. The summed E-state index contributed by atoms with van der Waals surface area (Å²) in [6.45, 7) is 1.23. The van der Waals surface area contributed by atoms with Gasteiger partial charge < -0.3 is 19.3 Å². The number of halogens is 5. The third kappa shape index (κ3) is 8.58. The first-order chi connectivity index (χ1) is 23.2. The van der Waals surface area contributed by atoms with E-state index in [1.807, 2.05) is 6.92 Å². The topological polar surface area (TPSA) is 172 Å².